The highest BCUT2D eigenvalue weighted by Crippen LogP contribution is 2.17. The van der Waals surface area contributed by atoms with E-state index in [4.69, 9.17) is 5.73 Å². The monoisotopic (exact) mass is 331 g/mol. The zero-order valence-electron chi connectivity index (χ0n) is 16.6. The molecule has 0 amide bonds. The van der Waals surface area contributed by atoms with E-state index in [1.54, 1.807) is 0 Å². The van der Waals surface area contributed by atoms with Crippen molar-refractivity contribution in [1.82, 2.24) is 5.32 Å². The summed E-state index contributed by atoms with van der Waals surface area (Å²) in [4.78, 5) is 4.49. The standard InChI is InChI=1S/C21H37N3/c1-8-20(15-17(4)5)19(7)24-21(22)23-14-10-13-18(6)12-9-11-16(2)3/h9,11-12,18H,4,8,10,13-15H2,1-3,5-7H3,(H3,22,23,24)/b12-9-,20-19+. The molecular formula is C21H37N3. The number of guanidine groups is 1. The lowest BCUT2D eigenvalue weighted by Crippen LogP contribution is -2.32. The number of nitrogens with one attached hydrogen (secondary N) is 1. The Balaban J connectivity index is 4.31. The molecule has 0 aliphatic heterocycles. The number of allylic oxidation sites excluding steroid dienone is 7. The summed E-state index contributed by atoms with van der Waals surface area (Å²) in [5.41, 5.74) is 10.8. The van der Waals surface area contributed by atoms with Crippen LogP contribution in [0.15, 0.2) is 52.2 Å². The molecule has 3 nitrogen and oxygen atoms in total. The van der Waals surface area contributed by atoms with Crippen molar-refractivity contribution in [1.29, 1.82) is 0 Å². The third-order valence-corrected chi connectivity index (χ3v) is 3.75. The molecule has 0 spiro atoms. The summed E-state index contributed by atoms with van der Waals surface area (Å²) in [5.74, 6) is 1.08. The van der Waals surface area contributed by atoms with E-state index in [0.717, 1.165) is 43.5 Å². The van der Waals surface area contributed by atoms with Crippen LogP contribution < -0.4 is 11.1 Å². The van der Waals surface area contributed by atoms with Gasteiger partial charge in [-0.1, -0.05) is 49.8 Å². The van der Waals surface area contributed by atoms with Crippen molar-refractivity contribution in [2.75, 3.05) is 6.54 Å². The first kappa shape index (κ1) is 22.2. The Kier molecular flexibility index (Phi) is 11.7. The van der Waals surface area contributed by atoms with Gasteiger partial charge in [0, 0.05) is 12.2 Å². The van der Waals surface area contributed by atoms with Gasteiger partial charge in [-0.15, -0.1) is 0 Å². The van der Waals surface area contributed by atoms with Gasteiger partial charge in [-0.3, -0.25) is 0 Å². The quantitative estimate of drug-likeness (QED) is 0.183. The second-order valence-electron chi connectivity index (χ2n) is 6.85. The van der Waals surface area contributed by atoms with Crippen LogP contribution in [-0.2, 0) is 0 Å². The molecule has 0 bridgehead atoms. The van der Waals surface area contributed by atoms with Crippen molar-refractivity contribution in [3.8, 4) is 0 Å². The minimum Gasteiger partial charge on any atom is -0.370 e. The summed E-state index contributed by atoms with van der Waals surface area (Å²) in [7, 11) is 0. The summed E-state index contributed by atoms with van der Waals surface area (Å²) < 4.78 is 0. The second kappa shape index (κ2) is 12.6. The van der Waals surface area contributed by atoms with E-state index in [9.17, 15) is 0 Å². The lowest BCUT2D eigenvalue weighted by atomic mass is 10.0. The molecule has 136 valence electrons. The van der Waals surface area contributed by atoms with Gasteiger partial charge < -0.3 is 11.1 Å². The molecule has 0 aromatic carbocycles. The molecular weight excluding hydrogens is 294 g/mol. The van der Waals surface area contributed by atoms with E-state index in [2.05, 4.69) is 62.8 Å². The predicted molar refractivity (Wildman–Crippen MR) is 109 cm³/mol. The number of hydrogen-bond acceptors (Lipinski definition) is 1. The molecule has 0 aliphatic rings. The SMILES string of the molecule is C=C(C)C/C(CC)=C(C)/N=C(\N)NCCCC(C)/C=C\C=C(C)C. The van der Waals surface area contributed by atoms with Crippen LogP contribution in [0.2, 0.25) is 0 Å². The van der Waals surface area contributed by atoms with E-state index in [1.807, 2.05) is 13.8 Å². The molecule has 0 aliphatic carbocycles. The van der Waals surface area contributed by atoms with Gasteiger partial charge in [-0.25, -0.2) is 4.99 Å². The Morgan fingerprint density at radius 2 is 1.92 bits per heavy atom. The topological polar surface area (TPSA) is 50.4 Å². The molecule has 3 N–H and O–H groups in total. The molecule has 3 heteroatoms. The van der Waals surface area contributed by atoms with E-state index < -0.39 is 0 Å². The summed E-state index contributed by atoms with van der Waals surface area (Å²) >= 11 is 0. The molecule has 0 aromatic heterocycles. The molecule has 24 heavy (non-hydrogen) atoms. The molecule has 1 unspecified atom stereocenters. The van der Waals surface area contributed by atoms with Crippen molar-refractivity contribution in [2.45, 2.75) is 67.2 Å². The van der Waals surface area contributed by atoms with Crippen LogP contribution in [0, 0.1) is 5.92 Å². The van der Waals surface area contributed by atoms with Crippen LogP contribution >= 0.6 is 0 Å². The van der Waals surface area contributed by atoms with Gasteiger partial charge in [-0.05, 0) is 64.9 Å². The average molecular weight is 332 g/mol. The lowest BCUT2D eigenvalue weighted by Gasteiger charge is -2.10. The number of nitrogens with two attached hydrogens (primary N) is 1. The van der Waals surface area contributed by atoms with Crippen molar-refractivity contribution < 1.29 is 0 Å². The zero-order valence-corrected chi connectivity index (χ0v) is 16.6. The third kappa shape index (κ3) is 11.8. The van der Waals surface area contributed by atoms with Gasteiger partial charge in [0.1, 0.15) is 0 Å². The van der Waals surface area contributed by atoms with Gasteiger partial charge in [0.15, 0.2) is 5.96 Å². The van der Waals surface area contributed by atoms with E-state index in [1.165, 1.54) is 11.1 Å². The Labute approximate surface area is 149 Å². The average Bonchev–Trinajstić information content (AvgIpc) is 2.48. The van der Waals surface area contributed by atoms with Gasteiger partial charge in [0.05, 0.1) is 0 Å². The maximum atomic E-state index is 5.99. The zero-order chi connectivity index (χ0) is 18.5. The number of aliphatic imine (C=N–C) groups is 1. The maximum Gasteiger partial charge on any atom is 0.193 e. The Morgan fingerprint density at radius 3 is 2.46 bits per heavy atom. The fourth-order valence-corrected chi connectivity index (χ4v) is 2.35. The fourth-order valence-electron chi connectivity index (χ4n) is 2.35. The summed E-state index contributed by atoms with van der Waals surface area (Å²) in [6.07, 6.45) is 10.6. The van der Waals surface area contributed by atoms with Gasteiger partial charge in [0.2, 0.25) is 0 Å². The fraction of sp³-hybridized carbons (Fsp3) is 0.571. The first-order valence-electron chi connectivity index (χ1n) is 8.99. The second-order valence-corrected chi connectivity index (χ2v) is 6.85. The third-order valence-electron chi connectivity index (χ3n) is 3.75. The lowest BCUT2D eigenvalue weighted by molar-refractivity contribution is 0.598. The molecule has 1 atom stereocenters. The van der Waals surface area contributed by atoms with Crippen molar-refractivity contribution in [3.63, 3.8) is 0 Å². The van der Waals surface area contributed by atoms with Crippen LogP contribution in [0.4, 0.5) is 0 Å². The number of hydrogen-bond donors (Lipinski definition) is 2. The molecule has 0 saturated carbocycles. The molecule has 0 rings (SSSR count). The van der Waals surface area contributed by atoms with Crippen LogP contribution in [0.3, 0.4) is 0 Å². The smallest absolute Gasteiger partial charge is 0.193 e. The number of rotatable bonds is 10. The summed E-state index contributed by atoms with van der Waals surface area (Å²) in [5, 5.41) is 3.21. The van der Waals surface area contributed by atoms with Gasteiger partial charge >= 0.3 is 0 Å². The molecule has 0 heterocycles. The summed E-state index contributed by atoms with van der Waals surface area (Å²) in [6.45, 7) is 17.5. The molecule has 0 saturated heterocycles. The van der Waals surface area contributed by atoms with Gasteiger partial charge in [-0.2, -0.15) is 0 Å². The van der Waals surface area contributed by atoms with E-state index >= 15 is 0 Å². The summed E-state index contributed by atoms with van der Waals surface area (Å²) in [6, 6.07) is 0. The first-order chi connectivity index (χ1) is 11.3. The van der Waals surface area contributed by atoms with Gasteiger partial charge in [0.25, 0.3) is 0 Å². The van der Waals surface area contributed by atoms with E-state index in [-0.39, 0.29) is 0 Å². The Hall–Kier alpha value is -1.77. The van der Waals surface area contributed by atoms with Crippen LogP contribution in [-0.4, -0.2) is 12.5 Å². The van der Waals surface area contributed by atoms with E-state index in [0.29, 0.717) is 11.9 Å². The highest BCUT2D eigenvalue weighted by Gasteiger charge is 2.02. The highest BCUT2D eigenvalue weighted by atomic mass is 15.1. The van der Waals surface area contributed by atoms with Crippen molar-refractivity contribution >= 4 is 5.96 Å². The first-order valence-corrected chi connectivity index (χ1v) is 8.99. The Bertz CT molecular complexity index is 503. The predicted octanol–water partition coefficient (Wildman–Crippen LogP) is 5.48. The largest absolute Gasteiger partial charge is 0.370 e. The normalized spacial score (nSPS) is 14.3. The molecule has 0 radical (unpaired) electrons. The van der Waals surface area contributed by atoms with Crippen LogP contribution in [0.25, 0.3) is 0 Å². The minimum absolute atomic E-state index is 0.507. The maximum absolute atomic E-state index is 5.99. The molecule has 0 aromatic rings. The minimum atomic E-state index is 0.507. The Morgan fingerprint density at radius 1 is 1.25 bits per heavy atom. The van der Waals surface area contributed by atoms with Crippen LogP contribution in [0.1, 0.15) is 67.2 Å². The van der Waals surface area contributed by atoms with Crippen LogP contribution in [0.5, 0.6) is 0 Å². The number of nitrogens with zero attached hydrogens (tertiary/aromatic N) is 1. The molecule has 0 fully saturated rings. The van der Waals surface area contributed by atoms with Crippen molar-refractivity contribution in [2.24, 2.45) is 16.6 Å². The highest BCUT2D eigenvalue weighted by molar-refractivity contribution is 5.78. The van der Waals surface area contributed by atoms with Crippen molar-refractivity contribution in [3.05, 3.63) is 47.2 Å².